The summed E-state index contributed by atoms with van der Waals surface area (Å²) in [4.78, 5) is 21.8. The van der Waals surface area contributed by atoms with E-state index in [0.29, 0.717) is 5.91 Å². The van der Waals surface area contributed by atoms with Crippen LogP contribution in [0, 0.1) is 5.92 Å². The van der Waals surface area contributed by atoms with E-state index in [0.717, 1.165) is 63.1 Å². The van der Waals surface area contributed by atoms with Gasteiger partial charge in [0.1, 0.15) is 5.75 Å². The van der Waals surface area contributed by atoms with Gasteiger partial charge in [-0.25, -0.2) is 0 Å². The van der Waals surface area contributed by atoms with Gasteiger partial charge in [0, 0.05) is 74.1 Å². The maximum Gasteiger partial charge on any atom is 0.225 e. The van der Waals surface area contributed by atoms with Crippen LogP contribution in [0.5, 0.6) is 5.75 Å². The van der Waals surface area contributed by atoms with Gasteiger partial charge in [-0.3, -0.25) is 14.7 Å². The van der Waals surface area contributed by atoms with Gasteiger partial charge in [-0.05, 0) is 61.1 Å². The highest BCUT2D eigenvalue weighted by molar-refractivity contribution is 5.89. The highest BCUT2D eigenvalue weighted by Gasteiger charge is 2.49. The van der Waals surface area contributed by atoms with Crippen LogP contribution in [0.25, 0.3) is 10.9 Å². The first-order chi connectivity index (χ1) is 17.5. The van der Waals surface area contributed by atoms with Crippen molar-refractivity contribution < 1.29 is 14.6 Å². The van der Waals surface area contributed by atoms with Gasteiger partial charge >= 0.3 is 0 Å². The Morgan fingerprint density at radius 1 is 1.17 bits per heavy atom. The Morgan fingerprint density at radius 3 is 2.56 bits per heavy atom. The largest absolute Gasteiger partial charge is 0.497 e. The zero-order valence-electron chi connectivity index (χ0n) is 21.3. The van der Waals surface area contributed by atoms with Crippen molar-refractivity contribution in [3.8, 4) is 5.75 Å². The fourth-order valence-electron chi connectivity index (χ4n) is 6.83. The zero-order valence-corrected chi connectivity index (χ0v) is 21.3. The van der Waals surface area contributed by atoms with E-state index in [1.54, 1.807) is 7.11 Å². The number of aromatic nitrogens is 2. The van der Waals surface area contributed by atoms with Crippen LogP contribution in [-0.4, -0.2) is 63.7 Å². The molecule has 4 heterocycles. The number of hydrogen-bond donors (Lipinski definition) is 1. The lowest BCUT2D eigenvalue weighted by Gasteiger charge is -2.51. The van der Waals surface area contributed by atoms with Crippen LogP contribution in [0.4, 0.5) is 0 Å². The van der Waals surface area contributed by atoms with Crippen LogP contribution in [0.1, 0.15) is 55.0 Å². The van der Waals surface area contributed by atoms with Crippen LogP contribution in [0.3, 0.4) is 0 Å². The molecule has 1 atom stereocenters. The minimum Gasteiger partial charge on any atom is -0.497 e. The Hall–Kier alpha value is -2.90. The highest BCUT2D eigenvalue weighted by Crippen LogP contribution is 2.50. The first-order valence-corrected chi connectivity index (χ1v) is 13.2. The Kier molecular flexibility index (Phi) is 6.00. The van der Waals surface area contributed by atoms with Crippen molar-refractivity contribution in [1.82, 2.24) is 19.4 Å². The molecular weight excluding hydrogens is 452 g/mol. The molecule has 1 spiro atoms. The summed E-state index contributed by atoms with van der Waals surface area (Å²) in [5.41, 5.74) is 4.82. The number of carbonyl (C=O) groups excluding carboxylic acids is 1. The van der Waals surface area contributed by atoms with Gasteiger partial charge in [-0.1, -0.05) is 6.42 Å². The van der Waals surface area contributed by atoms with E-state index in [4.69, 9.17) is 4.74 Å². The number of fused-ring (bicyclic) bond motifs is 4. The molecule has 0 radical (unpaired) electrons. The number of piperidine rings is 1. The number of pyridine rings is 1. The Balaban J connectivity index is 1.43. The third-order valence-electron chi connectivity index (χ3n) is 9.04. The summed E-state index contributed by atoms with van der Waals surface area (Å²) in [6.07, 6.45) is 8.83. The second kappa shape index (κ2) is 9.20. The number of aryl methyl sites for hydroxylation is 1. The number of amides is 1. The summed E-state index contributed by atoms with van der Waals surface area (Å²) >= 11 is 0. The van der Waals surface area contributed by atoms with E-state index in [1.807, 2.05) is 18.5 Å². The molecule has 3 aromatic rings. The van der Waals surface area contributed by atoms with E-state index in [-0.39, 0.29) is 24.0 Å². The van der Waals surface area contributed by atoms with Gasteiger partial charge in [-0.2, -0.15) is 0 Å². The van der Waals surface area contributed by atoms with E-state index in [2.05, 4.69) is 50.7 Å². The van der Waals surface area contributed by atoms with Gasteiger partial charge in [0.15, 0.2) is 0 Å². The number of benzene rings is 1. The summed E-state index contributed by atoms with van der Waals surface area (Å²) in [5.74, 6) is 1.44. The Morgan fingerprint density at radius 2 is 1.92 bits per heavy atom. The third-order valence-corrected chi connectivity index (χ3v) is 9.04. The van der Waals surface area contributed by atoms with Crippen molar-refractivity contribution in [2.45, 2.75) is 50.1 Å². The second-order valence-electron chi connectivity index (χ2n) is 10.9. The maximum absolute atomic E-state index is 13.0. The lowest BCUT2D eigenvalue weighted by molar-refractivity contribution is -0.140. The summed E-state index contributed by atoms with van der Waals surface area (Å²) in [6, 6.07) is 10.4. The number of nitrogens with zero attached hydrogens (tertiary/aromatic N) is 4. The first-order valence-electron chi connectivity index (χ1n) is 13.2. The molecule has 6 rings (SSSR count). The molecule has 1 saturated carbocycles. The first kappa shape index (κ1) is 23.5. The predicted octanol–water partition coefficient (Wildman–Crippen LogP) is 3.79. The molecular formula is C29H36N4O3. The van der Waals surface area contributed by atoms with Crippen LogP contribution in [-0.2, 0) is 23.8 Å². The molecule has 1 aliphatic carbocycles. The van der Waals surface area contributed by atoms with Crippen molar-refractivity contribution in [3.05, 3.63) is 59.5 Å². The second-order valence-corrected chi connectivity index (χ2v) is 10.9. The number of methoxy groups -OCH3 is 1. The van der Waals surface area contributed by atoms with Crippen LogP contribution in [0.15, 0.2) is 42.7 Å². The molecule has 1 aromatic carbocycles. The number of aliphatic hydroxyl groups excluding tert-OH is 1. The molecule has 1 amide bonds. The normalized spacial score (nSPS) is 22.0. The molecule has 7 heteroatoms. The third kappa shape index (κ3) is 3.71. The minimum absolute atomic E-state index is 0.0573. The quantitative estimate of drug-likeness (QED) is 0.592. The average Bonchev–Trinajstić information content (AvgIpc) is 3.17. The predicted molar refractivity (Wildman–Crippen MR) is 139 cm³/mol. The van der Waals surface area contributed by atoms with E-state index in [1.165, 1.54) is 28.6 Å². The summed E-state index contributed by atoms with van der Waals surface area (Å²) < 4.78 is 7.82. The number of hydrogen-bond acceptors (Lipinski definition) is 5. The summed E-state index contributed by atoms with van der Waals surface area (Å²) in [7, 11) is 3.81. The lowest BCUT2D eigenvalue weighted by Crippen LogP contribution is -2.55. The zero-order chi connectivity index (χ0) is 24.9. The lowest BCUT2D eigenvalue weighted by atomic mass is 9.68. The van der Waals surface area contributed by atoms with Gasteiger partial charge in [0.2, 0.25) is 5.91 Å². The number of rotatable bonds is 5. The van der Waals surface area contributed by atoms with E-state index < -0.39 is 0 Å². The van der Waals surface area contributed by atoms with Gasteiger partial charge in [0.25, 0.3) is 0 Å². The number of ether oxygens (including phenoxy) is 1. The van der Waals surface area contributed by atoms with Crippen molar-refractivity contribution in [1.29, 1.82) is 0 Å². The van der Waals surface area contributed by atoms with Crippen LogP contribution < -0.4 is 4.74 Å². The Bertz CT molecular complexity index is 1260. The SMILES string of the molecule is COc1ccc2c3c(n(C)c2c1)[C@@H](CO)N(Cc1ccncc1)CC31CCN(C(=O)C2CCC2)CC1. The Labute approximate surface area is 212 Å². The topological polar surface area (TPSA) is 70.8 Å². The number of aliphatic hydroxyl groups is 1. The van der Waals surface area contributed by atoms with Gasteiger partial charge in [0.05, 0.1) is 25.3 Å². The fourth-order valence-corrected chi connectivity index (χ4v) is 6.83. The van der Waals surface area contributed by atoms with Gasteiger partial charge < -0.3 is 19.3 Å². The monoisotopic (exact) mass is 488 g/mol. The highest BCUT2D eigenvalue weighted by atomic mass is 16.5. The maximum atomic E-state index is 13.0. The molecule has 0 unspecified atom stereocenters. The molecule has 36 heavy (non-hydrogen) atoms. The van der Waals surface area contributed by atoms with E-state index in [9.17, 15) is 9.90 Å². The molecule has 1 saturated heterocycles. The fraction of sp³-hybridized carbons (Fsp3) is 0.517. The van der Waals surface area contributed by atoms with Crippen molar-refractivity contribution >= 4 is 16.8 Å². The van der Waals surface area contributed by atoms with Gasteiger partial charge in [-0.15, -0.1) is 0 Å². The molecule has 2 fully saturated rings. The van der Waals surface area contributed by atoms with Crippen molar-refractivity contribution in [2.75, 3.05) is 33.4 Å². The van der Waals surface area contributed by atoms with E-state index >= 15 is 0 Å². The standard InChI is InChI=1S/C29H36N4O3/c1-31-24-16-22(36-2)6-7-23(24)26-27(31)25(18-34)33(17-20-8-12-30-13-9-20)19-29(26)10-14-32(15-11-29)28(35)21-4-3-5-21/h6-9,12-13,16,21,25,34H,3-5,10-11,14-15,17-19H2,1-2H3/t25-/m1/s1. The number of carbonyl (C=O) groups is 1. The molecule has 190 valence electrons. The molecule has 1 N–H and O–H groups in total. The van der Waals surface area contributed by atoms with Crippen LogP contribution in [0.2, 0.25) is 0 Å². The van der Waals surface area contributed by atoms with Crippen molar-refractivity contribution in [2.24, 2.45) is 13.0 Å². The molecule has 2 aliphatic heterocycles. The van der Waals surface area contributed by atoms with Crippen LogP contribution >= 0.6 is 0 Å². The molecule has 2 aromatic heterocycles. The molecule has 7 nitrogen and oxygen atoms in total. The smallest absolute Gasteiger partial charge is 0.225 e. The average molecular weight is 489 g/mol. The minimum atomic E-state index is -0.100. The summed E-state index contributed by atoms with van der Waals surface area (Å²) in [6.45, 7) is 3.28. The van der Waals surface area contributed by atoms with Crippen molar-refractivity contribution in [3.63, 3.8) is 0 Å². The number of likely N-dealkylation sites (tertiary alicyclic amines) is 1. The molecule has 0 bridgehead atoms. The summed E-state index contributed by atoms with van der Waals surface area (Å²) in [5, 5.41) is 11.9. The molecule has 3 aliphatic rings.